The average Bonchev–Trinajstić information content (AvgIpc) is 2.79. The molecule has 1 aromatic carbocycles. The summed E-state index contributed by atoms with van der Waals surface area (Å²) in [5.74, 6) is 1.08. The molecule has 4 nitrogen and oxygen atoms in total. The van der Waals surface area contributed by atoms with Crippen LogP contribution in [0.15, 0.2) is 42.9 Å². The number of benzene rings is 1. The maximum absolute atomic E-state index is 6.07. The Labute approximate surface area is 118 Å². The van der Waals surface area contributed by atoms with Crippen LogP contribution in [0.3, 0.4) is 0 Å². The van der Waals surface area contributed by atoms with Crippen molar-refractivity contribution in [3.8, 4) is 11.1 Å². The van der Waals surface area contributed by atoms with Gasteiger partial charge in [0.05, 0.1) is 5.39 Å². The number of anilines is 1. The zero-order valence-electron chi connectivity index (χ0n) is 11.7. The van der Waals surface area contributed by atoms with Crippen molar-refractivity contribution >= 4 is 16.9 Å². The third-order valence-electron chi connectivity index (χ3n) is 3.33. The maximum Gasteiger partial charge on any atom is 0.146 e. The monoisotopic (exact) mass is 266 g/mol. The van der Waals surface area contributed by atoms with Gasteiger partial charge in [0.25, 0.3) is 0 Å². The highest BCUT2D eigenvalue weighted by molar-refractivity contribution is 6.00. The average molecular weight is 266 g/mol. The van der Waals surface area contributed by atoms with E-state index >= 15 is 0 Å². The predicted molar refractivity (Wildman–Crippen MR) is 82.2 cm³/mol. The molecule has 0 unspecified atom stereocenters. The highest BCUT2D eigenvalue weighted by atomic mass is 15.1. The molecule has 3 rings (SSSR count). The van der Waals surface area contributed by atoms with Crippen LogP contribution in [-0.4, -0.2) is 14.5 Å². The number of aromatic nitrogens is 3. The minimum Gasteiger partial charge on any atom is -0.383 e. The molecule has 0 bridgehead atoms. The molecule has 3 aromatic rings. The zero-order chi connectivity index (χ0) is 14.1. The van der Waals surface area contributed by atoms with Crippen molar-refractivity contribution in [2.75, 3.05) is 5.73 Å². The summed E-state index contributed by atoms with van der Waals surface area (Å²) >= 11 is 0. The van der Waals surface area contributed by atoms with Crippen LogP contribution in [0, 0.1) is 5.92 Å². The number of nitrogens with zero attached hydrogens (tertiary/aromatic N) is 3. The lowest BCUT2D eigenvalue weighted by atomic mass is 10.1. The molecule has 0 fully saturated rings. The van der Waals surface area contributed by atoms with E-state index < -0.39 is 0 Å². The minimum atomic E-state index is 0.538. The minimum absolute atomic E-state index is 0.538. The molecular weight excluding hydrogens is 248 g/mol. The Balaban J connectivity index is 2.27. The topological polar surface area (TPSA) is 56.7 Å². The Morgan fingerprint density at radius 2 is 1.90 bits per heavy atom. The van der Waals surface area contributed by atoms with Gasteiger partial charge in [-0.15, -0.1) is 0 Å². The Bertz CT molecular complexity index is 729. The number of hydrogen-bond donors (Lipinski definition) is 1. The first-order valence-corrected chi connectivity index (χ1v) is 6.81. The van der Waals surface area contributed by atoms with Gasteiger partial charge in [-0.05, 0) is 11.5 Å². The fourth-order valence-corrected chi connectivity index (χ4v) is 2.52. The van der Waals surface area contributed by atoms with E-state index in [1.54, 1.807) is 0 Å². The van der Waals surface area contributed by atoms with Gasteiger partial charge in [-0.25, -0.2) is 9.97 Å². The Morgan fingerprint density at radius 1 is 1.15 bits per heavy atom. The second-order valence-corrected chi connectivity index (χ2v) is 5.41. The first-order valence-electron chi connectivity index (χ1n) is 6.81. The van der Waals surface area contributed by atoms with Crippen molar-refractivity contribution in [1.82, 2.24) is 14.5 Å². The third kappa shape index (κ3) is 2.13. The molecule has 0 saturated heterocycles. The van der Waals surface area contributed by atoms with Gasteiger partial charge in [0, 0.05) is 18.3 Å². The predicted octanol–water partition coefficient (Wildman–Crippen LogP) is 3.34. The van der Waals surface area contributed by atoms with Crippen LogP contribution in [0.2, 0.25) is 0 Å². The molecule has 20 heavy (non-hydrogen) atoms. The van der Waals surface area contributed by atoms with Crippen molar-refractivity contribution in [1.29, 1.82) is 0 Å². The van der Waals surface area contributed by atoms with E-state index in [2.05, 4.69) is 46.7 Å². The number of rotatable bonds is 3. The van der Waals surface area contributed by atoms with Crippen molar-refractivity contribution in [3.63, 3.8) is 0 Å². The van der Waals surface area contributed by atoms with E-state index in [9.17, 15) is 0 Å². The lowest BCUT2D eigenvalue weighted by Gasteiger charge is -2.07. The molecule has 0 aliphatic carbocycles. The lowest BCUT2D eigenvalue weighted by Crippen LogP contribution is -2.04. The molecule has 4 heteroatoms. The summed E-state index contributed by atoms with van der Waals surface area (Å²) in [6.45, 7) is 5.30. The fraction of sp³-hybridized carbons (Fsp3) is 0.250. The molecule has 0 saturated carbocycles. The van der Waals surface area contributed by atoms with E-state index in [0.29, 0.717) is 11.7 Å². The van der Waals surface area contributed by atoms with Crippen LogP contribution in [0.4, 0.5) is 5.82 Å². The van der Waals surface area contributed by atoms with Gasteiger partial charge in [-0.1, -0.05) is 44.2 Å². The van der Waals surface area contributed by atoms with E-state index in [1.807, 2.05) is 18.2 Å². The summed E-state index contributed by atoms with van der Waals surface area (Å²) in [5.41, 5.74) is 9.22. The quantitative estimate of drug-likeness (QED) is 0.791. The number of fused-ring (bicyclic) bond motifs is 1. The van der Waals surface area contributed by atoms with E-state index in [-0.39, 0.29) is 0 Å². The molecule has 0 aliphatic heterocycles. The molecule has 2 aromatic heterocycles. The Kier molecular flexibility index (Phi) is 3.14. The van der Waals surface area contributed by atoms with Crippen LogP contribution >= 0.6 is 0 Å². The molecular formula is C16H18N4. The van der Waals surface area contributed by atoms with Gasteiger partial charge in [-0.2, -0.15) is 0 Å². The van der Waals surface area contributed by atoms with Crippen LogP contribution in [-0.2, 0) is 6.54 Å². The fourth-order valence-electron chi connectivity index (χ4n) is 2.52. The maximum atomic E-state index is 6.07. The standard InChI is InChI=1S/C16H18N4/c1-11(2)8-20-9-13(12-6-4-3-5-7-12)14-15(17)18-10-19-16(14)20/h3-7,9-11H,8H2,1-2H3,(H2,17,18,19). The molecule has 0 radical (unpaired) electrons. The number of hydrogen-bond acceptors (Lipinski definition) is 3. The summed E-state index contributed by atoms with van der Waals surface area (Å²) in [5, 5.41) is 0.944. The van der Waals surface area contributed by atoms with Gasteiger partial charge in [0.2, 0.25) is 0 Å². The summed E-state index contributed by atoms with van der Waals surface area (Å²) in [6.07, 6.45) is 3.66. The smallest absolute Gasteiger partial charge is 0.146 e. The van der Waals surface area contributed by atoms with Gasteiger partial charge in [0.15, 0.2) is 0 Å². The normalized spacial score (nSPS) is 11.3. The van der Waals surface area contributed by atoms with Gasteiger partial charge >= 0.3 is 0 Å². The highest BCUT2D eigenvalue weighted by Crippen LogP contribution is 2.32. The SMILES string of the molecule is CC(C)Cn1cc(-c2ccccc2)c2c(N)ncnc21. The molecule has 0 amide bonds. The van der Waals surface area contributed by atoms with Gasteiger partial charge in [0.1, 0.15) is 17.8 Å². The largest absolute Gasteiger partial charge is 0.383 e. The second-order valence-electron chi connectivity index (χ2n) is 5.41. The Morgan fingerprint density at radius 3 is 2.60 bits per heavy atom. The number of nitrogens with two attached hydrogens (primary N) is 1. The Hall–Kier alpha value is -2.36. The zero-order valence-corrected chi connectivity index (χ0v) is 11.7. The summed E-state index contributed by atoms with van der Waals surface area (Å²) in [6, 6.07) is 10.2. The number of nitrogen functional groups attached to an aromatic ring is 1. The van der Waals surface area contributed by atoms with Gasteiger partial charge in [-0.3, -0.25) is 0 Å². The lowest BCUT2D eigenvalue weighted by molar-refractivity contribution is 0.533. The van der Waals surface area contributed by atoms with Crippen molar-refractivity contribution in [3.05, 3.63) is 42.9 Å². The first-order chi connectivity index (χ1) is 9.66. The third-order valence-corrected chi connectivity index (χ3v) is 3.33. The second kappa shape index (κ2) is 4.96. The van der Waals surface area contributed by atoms with Crippen molar-refractivity contribution < 1.29 is 0 Å². The van der Waals surface area contributed by atoms with E-state index in [0.717, 1.165) is 28.7 Å². The molecule has 2 N–H and O–H groups in total. The molecule has 0 atom stereocenters. The van der Waals surface area contributed by atoms with Gasteiger partial charge < -0.3 is 10.3 Å². The molecule has 0 spiro atoms. The summed E-state index contributed by atoms with van der Waals surface area (Å²) in [7, 11) is 0. The van der Waals surface area contributed by atoms with Crippen LogP contribution < -0.4 is 5.73 Å². The molecule has 2 heterocycles. The summed E-state index contributed by atoms with van der Waals surface area (Å²) in [4.78, 5) is 8.55. The first kappa shape index (κ1) is 12.7. The van der Waals surface area contributed by atoms with Crippen LogP contribution in [0.1, 0.15) is 13.8 Å². The summed E-state index contributed by atoms with van der Waals surface area (Å²) < 4.78 is 2.17. The van der Waals surface area contributed by atoms with Crippen molar-refractivity contribution in [2.24, 2.45) is 5.92 Å². The van der Waals surface area contributed by atoms with E-state index in [4.69, 9.17) is 5.73 Å². The van der Waals surface area contributed by atoms with E-state index in [1.165, 1.54) is 6.33 Å². The molecule has 0 aliphatic rings. The van der Waals surface area contributed by atoms with Crippen molar-refractivity contribution in [2.45, 2.75) is 20.4 Å². The molecule has 102 valence electrons. The highest BCUT2D eigenvalue weighted by Gasteiger charge is 2.15. The van der Waals surface area contributed by atoms with Crippen LogP contribution in [0.5, 0.6) is 0 Å². The van der Waals surface area contributed by atoms with Crippen LogP contribution in [0.25, 0.3) is 22.2 Å².